The van der Waals surface area contributed by atoms with Crippen LogP contribution in [0.3, 0.4) is 0 Å². The number of amides is 1. The Labute approximate surface area is 152 Å². The summed E-state index contributed by atoms with van der Waals surface area (Å²) in [6.07, 6.45) is 3.27. The monoisotopic (exact) mass is 381 g/mol. The lowest BCUT2D eigenvalue weighted by Gasteiger charge is -2.19. The molecule has 0 unspecified atom stereocenters. The lowest BCUT2D eigenvalue weighted by molar-refractivity contribution is 0.0950. The van der Waals surface area contributed by atoms with Crippen molar-refractivity contribution in [3.63, 3.8) is 0 Å². The number of carbonyl (C=O) groups is 1. The minimum atomic E-state index is -3.74. The molecule has 0 bridgehead atoms. The maximum absolute atomic E-state index is 12.7. The van der Waals surface area contributed by atoms with Crippen molar-refractivity contribution < 1.29 is 13.2 Å². The van der Waals surface area contributed by atoms with E-state index in [4.69, 9.17) is 11.6 Å². The van der Waals surface area contributed by atoms with Gasteiger partial charge in [0.25, 0.3) is 5.91 Å². The standard InChI is InChI=1S/C17H20ClN3O3S/c1-3-21(4-2)25(23,24)16-11-14(5-6-15(16)18)17(22)20-12-13-7-9-19-10-8-13/h5-11H,3-4,12H2,1-2H3,(H,20,22). The van der Waals surface area contributed by atoms with E-state index in [0.29, 0.717) is 19.6 Å². The zero-order valence-electron chi connectivity index (χ0n) is 14.1. The van der Waals surface area contributed by atoms with Crippen LogP contribution < -0.4 is 5.32 Å². The first-order valence-corrected chi connectivity index (χ1v) is 9.68. The zero-order chi connectivity index (χ0) is 18.4. The predicted octanol–water partition coefficient (Wildman–Crippen LogP) is 2.70. The van der Waals surface area contributed by atoms with Crippen LogP contribution in [0.15, 0.2) is 47.6 Å². The molecule has 0 atom stereocenters. The molecular weight excluding hydrogens is 362 g/mol. The van der Waals surface area contributed by atoms with Crippen molar-refractivity contribution in [3.8, 4) is 0 Å². The van der Waals surface area contributed by atoms with E-state index in [2.05, 4.69) is 10.3 Å². The van der Waals surface area contributed by atoms with Gasteiger partial charge in [0.05, 0.1) is 5.02 Å². The van der Waals surface area contributed by atoms with Crippen LogP contribution in [0.4, 0.5) is 0 Å². The third-order valence-corrected chi connectivity index (χ3v) is 6.25. The SMILES string of the molecule is CCN(CC)S(=O)(=O)c1cc(C(=O)NCc2ccncc2)ccc1Cl. The first-order chi connectivity index (χ1) is 11.9. The molecule has 134 valence electrons. The summed E-state index contributed by atoms with van der Waals surface area (Å²) in [5.74, 6) is -0.371. The molecule has 2 rings (SSSR count). The number of rotatable bonds is 7. The molecule has 1 amide bonds. The van der Waals surface area contributed by atoms with Crippen LogP contribution in [0.2, 0.25) is 5.02 Å². The number of nitrogens with one attached hydrogen (secondary N) is 1. The molecule has 6 nitrogen and oxygen atoms in total. The Hall–Kier alpha value is -1.96. The van der Waals surface area contributed by atoms with Gasteiger partial charge >= 0.3 is 0 Å². The number of aromatic nitrogens is 1. The molecule has 1 aromatic carbocycles. The minimum Gasteiger partial charge on any atom is -0.348 e. The van der Waals surface area contributed by atoms with Crippen LogP contribution in [0.5, 0.6) is 0 Å². The van der Waals surface area contributed by atoms with Crippen molar-refractivity contribution in [3.05, 3.63) is 58.9 Å². The number of pyridine rings is 1. The molecule has 0 aliphatic rings. The summed E-state index contributed by atoms with van der Waals surface area (Å²) in [6, 6.07) is 7.83. The van der Waals surface area contributed by atoms with Crippen LogP contribution in [0, 0.1) is 0 Å². The quantitative estimate of drug-likeness (QED) is 0.799. The first-order valence-electron chi connectivity index (χ1n) is 7.87. The van der Waals surface area contributed by atoms with Gasteiger partial charge in [0.1, 0.15) is 4.90 Å². The zero-order valence-corrected chi connectivity index (χ0v) is 15.6. The minimum absolute atomic E-state index is 0.0607. The van der Waals surface area contributed by atoms with Crippen molar-refractivity contribution in [2.75, 3.05) is 13.1 Å². The molecular formula is C17H20ClN3O3S. The normalized spacial score (nSPS) is 11.5. The van der Waals surface area contributed by atoms with Crippen molar-refractivity contribution in [1.29, 1.82) is 0 Å². The summed E-state index contributed by atoms with van der Waals surface area (Å²) in [6.45, 7) is 4.48. The number of carbonyl (C=O) groups excluding carboxylic acids is 1. The smallest absolute Gasteiger partial charge is 0.251 e. The van der Waals surface area contributed by atoms with Gasteiger partial charge in [0.15, 0.2) is 0 Å². The Bertz CT molecular complexity index is 837. The van der Waals surface area contributed by atoms with E-state index in [1.54, 1.807) is 38.4 Å². The highest BCUT2D eigenvalue weighted by molar-refractivity contribution is 7.89. The Morgan fingerprint density at radius 2 is 1.80 bits per heavy atom. The number of halogens is 1. The molecule has 25 heavy (non-hydrogen) atoms. The molecule has 0 aliphatic carbocycles. The maximum atomic E-state index is 12.7. The highest BCUT2D eigenvalue weighted by Gasteiger charge is 2.25. The molecule has 0 saturated carbocycles. The third-order valence-electron chi connectivity index (χ3n) is 3.72. The van der Waals surface area contributed by atoms with Gasteiger partial charge < -0.3 is 5.32 Å². The lowest BCUT2D eigenvalue weighted by Crippen LogP contribution is -2.31. The predicted molar refractivity (Wildman–Crippen MR) is 97.0 cm³/mol. The number of benzene rings is 1. The summed E-state index contributed by atoms with van der Waals surface area (Å²) < 4.78 is 26.6. The third kappa shape index (κ3) is 4.56. The maximum Gasteiger partial charge on any atom is 0.251 e. The molecule has 0 radical (unpaired) electrons. The summed E-state index contributed by atoms with van der Waals surface area (Å²) >= 11 is 6.07. The molecule has 1 heterocycles. The highest BCUT2D eigenvalue weighted by Crippen LogP contribution is 2.25. The van der Waals surface area contributed by atoms with Gasteiger partial charge in [0, 0.05) is 37.6 Å². The second-order valence-electron chi connectivity index (χ2n) is 5.27. The topological polar surface area (TPSA) is 79.4 Å². The van der Waals surface area contributed by atoms with Crippen LogP contribution in [-0.2, 0) is 16.6 Å². The highest BCUT2D eigenvalue weighted by atomic mass is 35.5. The Morgan fingerprint density at radius 1 is 1.16 bits per heavy atom. The van der Waals surface area contributed by atoms with E-state index in [0.717, 1.165) is 5.56 Å². The van der Waals surface area contributed by atoms with Gasteiger partial charge in [0.2, 0.25) is 10.0 Å². The van der Waals surface area contributed by atoms with Crippen molar-refractivity contribution in [2.24, 2.45) is 0 Å². The number of hydrogen-bond acceptors (Lipinski definition) is 4. The van der Waals surface area contributed by atoms with E-state index >= 15 is 0 Å². The van der Waals surface area contributed by atoms with Gasteiger partial charge in [-0.2, -0.15) is 4.31 Å². The molecule has 8 heteroatoms. The van der Waals surface area contributed by atoms with Crippen molar-refractivity contribution >= 4 is 27.5 Å². The average Bonchev–Trinajstić information content (AvgIpc) is 2.61. The summed E-state index contributed by atoms with van der Waals surface area (Å²) in [4.78, 5) is 16.2. The second-order valence-corrected chi connectivity index (χ2v) is 7.59. The first kappa shape index (κ1) is 19.4. The van der Waals surface area contributed by atoms with Gasteiger partial charge in [-0.05, 0) is 35.9 Å². The molecule has 0 fully saturated rings. The summed E-state index contributed by atoms with van der Waals surface area (Å²) in [5, 5.41) is 2.85. The summed E-state index contributed by atoms with van der Waals surface area (Å²) in [7, 11) is -3.74. The van der Waals surface area contributed by atoms with E-state index in [9.17, 15) is 13.2 Å². The Balaban J connectivity index is 2.24. The number of hydrogen-bond donors (Lipinski definition) is 1. The molecule has 0 spiro atoms. The van der Waals surface area contributed by atoms with E-state index in [1.807, 2.05) is 0 Å². The van der Waals surface area contributed by atoms with Gasteiger partial charge in [-0.15, -0.1) is 0 Å². The Morgan fingerprint density at radius 3 is 2.40 bits per heavy atom. The molecule has 1 aromatic heterocycles. The molecule has 1 N–H and O–H groups in total. The molecule has 0 aliphatic heterocycles. The van der Waals surface area contributed by atoms with Gasteiger partial charge in [-0.1, -0.05) is 25.4 Å². The van der Waals surface area contributed by atoms with E-state index in [1.165, 1.54) is 22.5 Å². The summed E-state index contributed by atoms with van der Waals surface area (Å²) in [5.41, 5.74) is 1.14. The van der Waals surface area contributed by atoms with E-state index in [-0.39, 0.29) is 21.4 Å². The largest absolute Gasteiger partial charge is 0.348 e. The van der Waals surface area contributed by atoms with Crippen LogP contribution >= 0.6 is 11.6 Å². The molecule has 2 aromatic rings. The van der Waals surface area contributed by atoms with Gasteiger partial charge in [-0.3, -0.25) is 9.78 Å². The van der Waals surface area contributed by atoms with E-state index < -0.39 is 10.0 Å². The number of nitrogens with zero attached hydrogens (tertiary/aromatic N) is 2. The van der Waals surface area contributed by atoms with Crippen molar-refractivity contribution in [1.82, 2.24) is 14.6 Å². The number of sulfonamides is 1. The average molecular weight is 382 g/mol. The van der Waals surface area contributed by atoms with Crippen molar-refractivity contribution in [2.45, 2.75) is 25.3 Å². The van der Waals surface area contributed by atoms with Crippen LogP contribution in [0.25, 0.3) is 0 Å². The fraction of sp³-hybridized carbons (Fsp3) is 0.294. The fourth-order valence-corrected chi connectivity index (χ4v) is 4.29. The molecule has 0 saturated heterocycles. The van der Waals surface area contributed by atoms with Gasteiger partial charge in [-0.25, -0.2) is 8.42 Å². The van der Waals surface area contributed by atoms with Crippen LogP contribution in [-0.4, -0.2) is 36.7 Å². The fourth-order valence-electron chi connectivity index (χ4n) is 2.33. The Kier molecular flexibility index (Phi) is 6.52. The second kappa shape index (κ2) is 8.42. The van der Waals surface area contributed by atoms with Crippen LogP contribution in [0.1, 0.15) is 29.8 Å². The lowest BCUT2D eigenvalue weighted by atomic mass is 10.2.